The normalized spacial score (nSPS) is 16.5. The monoisotopic (exact) mass is 378 g/mol. The molecule has 0 radical (unpaired) electrons. The average molecular weight is 378 g/mol. The summed E-state index contributed by atoms with van der Waals surface area (Å²) in [5, 5.41) is 4.09. The lowest BCUT2D eigenvalue weighted by Crippen LogP contribution is -2.28. The van der Waals surface area contributed by atoms with Crippen molar-refractivity contribution in [2.75, 3.05) is 13.1 Å². The maximum atomic E-state index is 13.1. The Balaban J connectivity index is 1.49. The van der Waals surface area contributed by atoms with Crippen LogP contribution in [0.25, 0.3) is 0 Å². The molecular weight excluding hydrogens is 355 g/mol. The van der Waals surface area contributed by atoms with Gasteiger partial charge in [-0.1, -0.05) is 12.1 Å². The summed E-state index contributed by atoms with van der Waals surface area (Å²) in [7, 11) is 1.81. The van der Waals surface area contributed by atoms with Gasteiger partial charge in [-0.25, -0.2) is 4.39 Å². The average Bonchev–Trinajstić information content (AvgIpc) is 3.32. The van der Waals surface area contributed by atoms with E-state index in [-0.39, 0.29) is 17.6 Å². The van der Waals surface area contributed by atoms with E-state index >= 15 is 0 Å². The lowest BCUT2D eigenvalue weighted by Gasteiger charge is -2.16. The highest BCUT2D eigenvalue weighted by molar-refractivity contribution is 5.94. The predicted molar refractivity (Wildman–Crippen MR) is 105 cm³/mol. The summed E-state index contributed by atoms with van der Waals surface area (Å²) in [5.41, 5.74) is 4.84. The summed E-state index contributed by atoms with van der Waals surface area (Å²) in [6, 6.07) is 10.8. The minimum absolute atomic E-state index is 0.0230. The number of carbonyl (C=O) groups is 1. The van der Waals surface area contributed by atoms with Crippen molar-refractivity contribution in [2.24, 2.45) is 7.05 Å². The first-order valence-electron chi connectivity index (χ1n) is 9.48. The van der Waals surface area contributed by atoms with E-state index in [2.05, 4.69) is 17.2 Å². The van der Waals surface area contributed by atoms with Crippen LogP contribution in [0.5, 0.6) is 0 Å². The second-order valence-electron chi connectivity index (χ2n) is 7.48. The van der Waals surface area contributed by atoms with Crippen LogP contribution >= 0.6 is 0 Å². The first-order chi connectivity index (χ1) is 13.5. The number of pyridine rings is 1. The van der Waals surface area contributed by atoms with Crippen LogP contribution in [-0.2, 0) is 13.5 Å². The van der Waals surface area contributed by atoms with E-state index in [1.807, 2.05) is 31.0 Å². The maximum Gasteiger partial charge on any atom is 0.257 e. The topological polar surface area (TPSA) is 51.0 Å². The molecule has 1 amide bonds. The van der Waals surface area contributed by atoms with E-state index in [4.69, 9.17) is 4.98 Å². The van der Waals surface area contributed by atoms with Crippen molar-refractivity contribution in [1.29, 1.82) is 0 Å². The van der Waals surface area contributed by atoms with Gasteiger partial charge in [0.2, 0.25) is 0 Å². The molecule has 0 bridgehead atoms. The van der Waals surface area contributed by atoms with Gasteiger partial charge in [-0.05, 0) is 55.2 Å². The summed E-state index contributed by atoms with van der Waals surface area (Å²) in [6.45, 7) is 3.38. The first-order valence-corrected chi connectivity index (χ1v) is 9.48. The number of hydrogen-bond donors (Lipinski definition) is 0. The summed E-state index contributed by atoms with van der Waals surface area (Å²) >= 11 is 0. The smallest absolute Gasteiger partial charge is 0.257 e. The Morgan fingerprint density at radius 1 is 1.21 bits per heavy atom. The highest BCUT2D eigenvalue weighted by Crippen LogP contribution is 2.28. The molecule has 1 aliphatic rings. The molecule has 5 nitrogen and oxygen atoms in total. The van der Waals surface area contributed by atoms with E-state index < -0.39 is 0 Å². The molecule has 1 atom stereocenters. The lowest BCUT2D eigenvalue weighted by atomic mass is 9.98. The predicted octanol–water partition coefficient (Wildman–Crippen LogP) is 3.48. The molecule has 3 heterocycles. The number of aromatic nitrogens is 3. The molecule has 4 rings (SSSR count). The molecule has 0 spiro atoms. The van der Waals surface area contributed by atoms with Gasteiger partial charge in [-0.15, -0.1) is 0 Å². The van der Waals surface area contributed by atoms with E-state index in [9.17, 15) is 9.18 Å². The molecule has 3 aromatic rings. The van der Waals surface area contributed by atoms with E-state index in [0.717, 1.165) is 41.9 Å². The van der Waals surface area contributed by atoms with Crippen LogP contribution in [-0.4, -0.2) is 38.7 Å². The fraction of sp³-hybridized carbons (Fsp3) is 0.318. The van der Waals surface area contributed by atoms with Gasteiger partial charge < -0.3 is 4.90 Å². The summed E-state index contributed by atoms with van der Waals surface area (Å²) in [6.07, 6.45) is 5.00. The fourth-order valence-corrected chi connectivity index (χ4v) is 3.82. The molecule has 1 aliphatic heterocycles. The fourth-order valence-electron chi connectivity index (χ4n) is 3.82. The van der Waals surface area contributed by atoms with Gasteiger partial charge in [0.05, 0.1) is 11.8 Å². The van der Waals surface area contributed by atoms with E-state index in [0.29, 0.717) is 12.1 Å². The lowest BCUT2D eigenvalue weighted by molar-refractivity contribution is 0.0790. The number of aryl methyl sites for hydroxylation is 2. The van der Waals surface area contributed by atoms with Crippen LogP contribution in [0.4, 0.5) is 4.39 Å². The van der Waals surface area contributed by atoms with Crippen molar-refractivity contribution in [3.8, 4) is 0 Å². The molecule has 1 fully saturated rings. The standard InChI is InChI=1S/C22H23FN4O/c1-15-9-17(10-16-3-5-20(23)6-4-16)11-21(25-15)18-7-8-27(14-18)22(28)19-12-24-26(2)13-19/h3-6,9,11-13,18H,7-8,10,14H2,1-2H3/t18-/m0/s1. The van der Waals surface area contributed by atoms with Crippen LogP contribution in [0.2, 0.25) is 0 Å². The molecule has 0 unspecified atom stereocenters. The molecule has 0 saturated carbocycles. The number of likely N-dealkylation sites (tertiary alicyclic amines) is 1. The minimum atomic E-state index is -0.223. The molecule has 144 valence electrons. The third kappa shape index (κ3) is 3.96. The Hall–Kier alpha value is -3.02. The number of benzene rings is 1. The number of hydrogen-bond acceptors (Lipinski definition) is 3. The number of nitrogens with zero attached hydrogens (tertiary/aromatic N) is 4. The zero-order valence-electron chi connectivity index (χ0n) is 16.1. The molecule has 28 heavy (non-hydrogen) atoms. The van der Waals surface area contributed by atoms with Crippen LogP contribution in [0.15, 0.2) is 48.8 Å². The zero-order valence-corrected chi connectivity index (χ0v) is 16.1. The van der Waals surface area contributed by atoms with Crippen LogP contribution in [0.1, 0.15) is 45.2 Å². The summed E-state index contributed by atoms with van der Waals surface area (Å²) in [4.78, 5) is 19.3. The Morgan fingerprint density at radius 3 is 2.71 bits per heavy atom. The van der Waals surface area contributed by atoms with E-state index in [1.54, 1.807) is 17.1 Å². The largest absolute Gasteiger partial charge is 0.338 e. The first kappa shape index (κ1) is 18.3. The number of amides is 1. The van der Waals surface area contributed by atoms with Gasteiger partial charge in [0.1, 0.15) is 5.82 Å². The number of halogens is 1. The minimum Gasteiger partial charge on any atom is -0.338 e. The van der Waals surface area contributed by atoms with Crippen LogP contribution in [0.3, 0.4) is 0 Å². The Morgan fingerprint density at radius 2 is 2.00 bits per heavy atom. The van der Waals surface area contributed by atoms with Crippen molar-refractivity contribution in [1.82, 2.24) is 19.7 Å². The highest BCUT2D eigenvalue weighted by Gasteiger charge is 2.29. The van der Waals surface area contributed by atoms with Crippen LogP contribution in [0, 0.1) is 12.7 Å². The van der Waals surface area contributed by atoms with Gasteiger partial charge in [-0.3, -0.25) is 14.5 Å². The summed E-state index contributed by atoms with van der Waals surface area (Å²) < 4.78 is 14.8. The molecular formula is C22H23FN4O. The van der Waals surface area contributed by atoms with Crippen molar-refractivity contribution in [3.63, 3.8) is 0 Å². The van der Waals surface area contributed by atoms with E-state index in [1.165, 1.54) is 12.1 Å². The van der Waals surface area contributed by atoms with Crippen molar-refractivity contribution in [3.05, 3.63) is 82.7 Å². The molecule has 1 aromatic carbocycles. The van der Waals surface area contributed by atoms with Gasteiger partial charge in [0, 0.05) is 43.6 Å². The molecule has 2 aromatic heterocycles. The van der Waals surface area contributed by atoms with Crippen molar-refractivity contribution < 1.29 is 9.18 Å². The Bertz CT molecular complexity index is 996. The second-order valence-corrected chi connectivity index (χ2v) is 7.48. The third-order valence-electron chi connectivity index (χ3n) is 5.20. The van der Waals surface area contributed by atoms with Gasteiger partial charge in [0.15, 0.2) is 0 Å². The van der Waals surface area contributed by atoms with Gasteiger partial charge >= 0.3 is 0 Å². The van der Waals surface area contributed by atoms with Gasteiger partial charge in [-0.2, -0.15) is 5.10 Å². The second kappa shape index (κ2) is 7.54. The Kier molecular flexibility index (Phi) is 4.94. The quantitative estimate of drug-likeness (QED) is 0.698. The molecule has 0 N–H and O–H groups in total. The Labute approximate surface area is 163 Å². The van der Waals surface area contributed by atoms with Crippen molar-refractivity contribution in [2.45, 2.75) is 25.7 Å². The zero-order chi connectivity index (χ0) is 19.7. The number of rotatable bonds is 4. The SMILES string of the molecule is Cc1cc(Cc2ccc(F)cc2)cc([C@H]2CCN(C(=O)c3cnn(C)c3)C2)n1. The molecule has 6 heteroatoms. The highest BCUT2D eigenvalue weighted by atomic mass is 19.1. The maximum absolute atomic E-state index is 13.1. The van der Waals surface area contributed by atoms with Gasteiger partial charge in [0.25, 0.3) is 5.91 Å². The van der Waals surface area contributed by atoms with Crippen LogP contribution < -0.4 is 0 Å². The number of carbonyl (C=O) groups excluding carboxylic acids is 1. The molecule has 1 saturated heterocycles. The molecule has 0 aliphatic carbocycles. The summed E-state index contributed by atoms with van der Waals surface area (Å²) in [5.74, 6) is 0.0296. The van der Waals surface area contributed by atoms with Crippen molar-refractivity contribution >= 4 is 5.91 Å². The third-order valence-corrected chi connectivity index (χ3v) is 5.20.